The summed E-state index contributed by atoms with van der Waals surface area (Å²) < 4.78 is 17.7. The SMILES string of the molecule is CC1=C2CC3C(CC(C)C24CC1C1(C4)C(=O)OC2CC(C)C4CC(O)OC(O)C4(C)CC21)OC(=O)C3C. The Morgan fingerprint density at radius 1 is 0.946 bits per heavy atom. The summed E-state index contributed by atoms with van der Waals surface area (Å²) in [7, 11) is 0. The Morgan fingerprint density at radius 2 is 1.70 bits per heavy atom. The number of rotatable bonds is 0. The highest BCUT2D eigenvalue weighted by Gasteiger charge is 2.75. The molecule has 2 N–H and O–H groups in total. The minimum Gasteiger partial charge on any atom is -0.462 e. The van der Waals surface area contributed by atoms with Gasteiger partial charge >= 0.3 is 11.9 Å². The molecular weight excluding hydrogens is 472 g/mol. The first-order valence-electron chi connectivity index (χ1n) is 14.6. The molecule has 2 bridgehead atoms. The van der Waals surface area contributed by atoms with E-state index in [1.54, 1.807) is 0 Å². The van der Waals surface area contributed by atoms with Crippen LogP contribution in [0.15, 0.2) is 11.1 Å². The third-order valence-electron chi connectivity index (χ3n) is 13.0. The lowest BCUT2D eigenvalue weighted by atomic mass is 9.56. The Morgan fingerprint density at radius 3 is 2.46 bits per heavy atom. The van der Waals surface area contributed by atoms with Gasteiger partial charge in [0.05, 0.1) is 11.3 Å². The molecule has 7 heteroatoms. The van der Waals surface area contributed by atoms with Crippen molar-refractivity contribution in [3.63, 3.8) is 0 Å². The lowest BCUT2D eigenvalue weighted by Crippen LogP contribution is -2.52. The largest absolute Gasteiger partial charge is 0.462 e. The molecule has 3 saturated carbocycles. The summed E-state index contributed by atoms with van der Waals surface area (Å²) in [6.45, 7) is 10.8. The molecule has 3 heterocycles. The fraction of sp³-hybridized carbons (Fsp3) is 0.867. The summed E-state index contributed by atoms with van der Waals surface area (Å²) >= 11 is 0. The fourth-order valence-electron chi connectivity index (χ4n) is 11.0. The van der Waals surface area contributed by atoms with Crippen LogP contribution < -0.4 is 0 Å². The molecule has 4 aliphatic carbocycles. The van der Waals surface area contributed by atoms with Crippen LogP contribution in [0, 0.1) is 57.7 Å². The van der Waals surface area contributed by atoms with Crippen LogP contribution in [-0.4, -0.2) is 46.9 Å². The first kappa shape index (κ1) is 24.6. The quantitative estimate of drug-likeness (QED) is 0.373. The van der Waals surface area contributed by atoms with Gasteiger partial charge in [-0.3, -0.25) is 9.59 Å². The van der Waals surface area contributed by atoms with Crippen molar-refractivity contribution in [3.8, 4) is 0 Å². The van der Waals surface area contributed by atoms with E-state index < -0.39 is 23.4 Å². The summed E-state index contributed by atoms with van der Waals surface area (Å²) in [4.78, 5) is 26.4. The van der Waals surface area contributed by atoms with E-state index >= 15 is 0 Å². The molecule has 0 amide bonds. The molecule has 3 aliphatic heterocycles. The van der Waals surface area contributed by atoms with Crippen molar-refractivity contribution in [2.45, 2.75) is 104 Å². The lowest BCUT2D eigenvalue weighted by molar-refractivity contribution is -0.305. The summed E-state index contributed by atoms with van der Waals surface area (Å²) in [5.74, 6) is 0.803. The van der Waals surface area contributed by atoms with Crippen LogP contribution in [0.25, 0.3) is 0 Å². The highest BCUT2D eigenvalue weighted by Crippen LogP contribution is 2.76. The summed E-state index contributed by atoms with van der Waals surface area (Å²) in [6.07, 6.45) is 3.23. The maximum atomic E-state index is 14.0. The van der Waals surface area contributed by atoms with Crippen molar-refractivity contribution < 1.29 is 34.0 Å². The molecule has 3 saturated heterocycles. The van der Waals surface area contributed by atoms with Gasteiger partial charge in [-0.05, 0) is 74.5 Å². The fourth-order valence-corrected chi connectivity index (χ4v) is 11.0. The van der Waals surface area contributed by atoms with Gasteiger partial charge in [0.25, 0.3) is 0 Å². The van der Waals surface area contributed by atoms with Crippen molar-refractivity contribution in [1.82, 2.24) is 0 Å². The molecule has 7 rings (SSSR count). The van der Waals surface area contributed by atoms with E-state index in [2.05, 4.69) is 27.7 Å². The van der Waals surface area contributed by atoms with Crippen molar-refractivity contribution >= 4 is 11.9 Å². The van der Waals surface area contributed by atoms with E-state index in [9.17, 15) is 19.8 Å². The molecule has 2 spiro atoms. The Bertz CT molecular complexity index is 1080. The second-order valence-electron chi connectivity index (χ2n) is 14.3. The minimum atomic E-state index is -1.06. The van der Waals surface area contributed by atoms with Gasteiger partial charge in [0.15, 0.2) is 12.6 Å². The molecule has 0 radical (unpaired) electrons. The minimum absolute atomic E-state index is 0.0125. The van der Waals surface area contributed by atoms with E-state index in [4.69, 9.17) is 14.2 Å². The second-order valence-corrected chi connectivity index (χ2v) is 14.3. The number of aliphatic hydroxyl groups excluding tert-OH is 2. The van der Waals surface area contributed by atoms with Crippen LogP contribution in [0.3, 0.4) is 0 Å². The molecule has 7 aliphatic rings. The molecular formula is C30H42O7. The van der Waals surface area contributed by atoms with Crippen LogP contribution in [-0.2, 0) is 23.8 Å². The number of allylic oxidation sites excluding steroid dienone is 2. The topological polar surface area (TPSA) is 102 Å². The molecule has 0 aromatic rings. The maximum absolute atomic E-state index is 14.0. The van der Waals surface area contributed by atoms with Crippen molar-refractivity contribution in [2.75, 3.05) is 0 Å². The highest BCUT2D eigenvalue weighted by molar-refractivity contribution is 5.83. The van der Waals surface area contributed by atoms with Crippen molar-refractivity contribution in [3.05, 3.63) is 11.1 Å². The predicted octanol–water partition coefficient (Wildman–Crippen LogP) is 3.96. The van der Waals surface area contributed by atoms with Gasteiger partial charge in [0.1, 0.15) is 12.2 Å². The molecule has 37 heavy (non-hydrogen) atoms. The van der Waals surface area contributed by atoms with Crippen LogP contribution in [0.5, 0.6) is 0 Å². The van der Waals surface area contributed by atoms with Gasteiger partial charge in [-0.1, -0.05) is 38.8 Å². The summed E-state index contributed by atoms with van der Waals surface area (Å²) in [6, 6.07) is 0. The normalized spacial score (nSPS) is 58.3. The average Bonchev–Trinajstić information content (AvgIpc) is 3.44. The number of carbonyl (C=O) groups excluding carboxylic acids is 2. The van der Waals surface area contributed by atoms with E-state index in [1.165, 1.54) is 11.1 Å². The molecule has 0 aromatic heterocycles. The highest BCUT2D eigenvalue weighted by atomic mass is 16.7. The Kier molecular flexibility index (Phi) is 5.05. The van der Waals surface area contributed by atoms with Gasteiger partial charge in [-0.2, -0.15) is 0 Å². The standard InChI is InChI=1S/C30H42O7/c1-13-6-23-21(10-28(5)18(13)9-24(31)37-26(28)33)30(27(34)36-23)12-29-11-20(30)16(4)19(29)8-17-15(3)25(32)35-22(17)7-14(29)2/h13-15,17-18,20-24,26,31,33H,6-12H2,1-5H3. The third kappa shape index (κ3) is 2.89. The zero-order valence-electron chi connectivity index (χ0n) is 22.7. The Balaban J connectivity index is 1.30. The van der Waals surface area contributed by atoms with Gasteiger partial charge in [-0.25, -0.2) is 0 Å². The molecule has 7 nitrogen and oxygen atoms in total. The first-order chi connectivity index (χ1) is 17.4. The average molecular weight is 515 g/mol. The number of ether oxygens (including phenoxy) is 3. The van der Waals surface area contributed by atoms with Gasteiger partial charge < -0.3 is 24.4 Å². The number of hydrogen-bond donors (Lipinski definition) is 2. The number of carbonyl (C=O) groups is 2. The first-order valence-corrected chi connectivity index (χ1v) is 14.6. The summed E-state index contributed by atoms with van der Waals surface area (Å²) in [5, 5.41) is 21.4. The van der Waals surface area contributed by atoms with Gasteiger partial charge in [-0.15, -0.1) is 0 Å². The van der Waals surface area contributed by atoms with Crippen LogP contribution in [0.2, 0.25) is 0 Å². The van der Waals surface area contributed by atoms with Gasteiger partial charge in [0.2, 0.25) is 0 Å². The Labute approximate surface area is 219 Å². The smallest absolute Gasteiger partial charge is 0.313 e. The molecule has 6 fully saturated rings. The van der Waals surface area contributed by atoms with E-state index in [0.717, 1.165) is 32.1 Å². The van der Waals surface area contributed by atoms with Crippen LogP contribution in [0.4, 0.5) is 0 Å². The maximum Gasteiger partial charge on any atom is 0.313 e. The zero-order chi connectivity index (χ0) is 26.2. The second kappa shape index (κ2) is 7.60. The molecule has 0 aromatic carbocycles. The zero-order valence-corrected chi connectivity index (χ0v) is 22.7. The lowest BCUT2D eigenvalue weighted by Gasteiger charge is -2.50. The van der Waals surface area contributed by atoms with Crippen molar-refractivity contribution in [1.29, 1.82) is 0 Å². The van der Waals surface area contributed by atoms with Crippen molar-refractivity contribution in [2.24, 2.45) is 57.7 Å². The van der Waals surface area contributed by atoms with E-state index in [-0.39, 0.29) is 65.1 Å². The molecule has 204 valence electrons. The van der Waals surface area contributed by atoms with E-state index in [0.29, 0.717) is 18.8 Å². The number of aliphatic hydroxyl groups is 2. The summed E-state index contributed by atoms with van der Waals surface area (Å²) in [5.41, 5.74) is 1.64. The van der Waals surface area contributed by atoms with Gasteiger partial charge in [0, 0.05) is 23.7 Å². The number of esters is 2. The monoisotopic (exact) mass is 514 g/mol. The van der Waals surface area contributed by atoms with Crippen LogP contribution >= 0.6 is 0 Å². The third-order valence-corrected chi connectivity index (χ3v) is 13.0. The molecule has 14 atom stereocenters. The number of fused-ring (bicyclic) bond motifs is 6. The number of hydrogen-bond acceptors (Lipinski definition) is 7. The Hall–Kier alpha value is -1.44. The molecule has 14 unspecified atom stereocenters. The predicted molar refractivity (Wildman–Crippen MR) is 132 cm³/mol. The van der Waals surface area contributed by atoms with Crippen LogP contribution in [0.1, 0.15) is 79.6 Å². The van der Waals surface area contributed by atoms with E-state index in [1.807, 2.05) is 6.92 Å².